The van der Waals surface area contributed by atoms with Gasteiger partial charge in [-0.25, -0.2) is 8.42 Å². The number of amides is 1. The summed E-state index contributed by atoms with van der Waals surface area (Å²) < 4.78 is 28.0. The van der Waals surface area contributed by atoms with Gasteiger partial charge in [0.15, 0.2) is 0 Å². The summed E-state index contributed by atoms with van der Waals surface area (Å²) in [7, 11) is -3.56. The molecule has 1 amide bonds. The summed E-state index contributed by atoms with van der Waals surface area (Å²) in [5, 5.41) is 0. The van der Waals surface area contributed by atoms with E-state index in [4.69, 9.17) is 4.74 Å². The molecule has 94 valence electrons. The summed E-state index contributed by atoms with van der Waals surface area (Å²) in [4.78, 5) is 22.2. The minimum absolute atomic E-state index is 0.140. The molecule has 0 rings (SSSR count). The van der Waals surface area contributed by atoms with E-state index < -0.39 is 27.5 Å². The minimum Gasteiger partial charge on any atom is -0.460 e. The van der Waals surface area contributed by atoms with Crippen LogP contribution in [-0.4, -0.2) is 32.2 Å². The van der Waals surface area contributed by atoms with Crippen LogP contribution in [0.1, 0.15) is 33.6 Å². The molecular formula is C9H17NO5S. The van der Waals surface area contributed by atoms with Crippen molar-refractivity contribution < 1.29 is 22.7 Å². The van der Waals surface area contributed by atoms with Crippen LogP contribution < -0.4 is 4.72 Å². The van der Waals surface area contributed by atoms with Gasteiger partial charge in [0.1, 0.15) is 5.60 Å². The first kappa shape index (κ1) is 14.9. The number of esters is 1. The Hall–Kier alpha value is -1.11. The molecule has 16 heavy (non-hydrogen) atoms. The molecule has 6 nitrogen and oxygen atoms in total. The molecule has 0 radical (unpaired) electrons. The molecule has 0 aliphatic rings. The third-order valence-electron chi connectivity index (χ3n) is 1.28. The second-order valence-electron chi connectivity index (χ2n) is 4.38. The number of carbonyl (C=O) groups excluding carboxylic acids is 2. The van der Waals surface area contributed by atoms with Gasteiger partial charge in [-0.3, -0.25) is 14.3 Å². The second kappa shape index (κ2) is 5.29. The Labute approximate surface area is 95.4 Å². The van der Waals surface area contributed by atoms with E-state index in [1.807, 2.05) is 0 Å². The van der Waals surface area contributed by atoms with Gasteiger partial charge in [-0.1, -0.05) is 0 Å². The van der Waals surface area contributed by atoms with E-state index in [1.54, 1.807) is 25.5 Å². The highest BCUT2D eigenvalue weighted by Gasteiger charge is 2.17. The number of sulfonamides is 1. The summed E-state index contributed by atoms with van der Waals surface area (Å²) in [5.74, 6) is -1.25. The van der Waals surface area contributed by atoms with Crippen molar-refractivity contribution in [3.05, 3.63) is 0 Å². The van der Waals surface area contributed by atoms with Crippen LogP contribution in [0.15, 0.2) is 0 Å². The SMILES string of the molecule is CC(C)(C)OC(=O)CCC(=O)NS(C)(=O)=O. The van der Waals surface area contributed by atoms with Gasteiger partial charge < -0.3 is 4.74 Å². The fourth-order valence-electron chi connectivity index (χ4n) is 0.866. The van der Waals surface area contributed by atoms with E-state index in [1.165, 1.54) is 0 Å². The van der Waals surface area contributed by atoms with Crippen molar-refractivity contribution in [3.63, 3.8) is 0 Å². The highest BCUT2D eigenvalue weighted by molar-refractivity contribution is 7.89. The zero-order valence-corrected chi connectivity index (χ0v) is 10.7. The summed E-state index contributed by atoms with van der Waals surface area (Å²) in [5.41, 5.74) is -0.607. The normalized spacial score (nSPS) is 12.0. The van der Waals surface area contributed by atoms with Crippen LogP contribution >= 0.6 is 0 Å². The highest BCUT2D eigenvalue weighted by atomic mass is 32.2. The molecule has 0 aromatic carbocycles. The van der Waals surface area contributed by atoms with Gasteiger partial charge in [0.05, 0.1) is 12.7 Å². The van der Waals surface area contributed by atoms with Gasteiger partial charge in [0.2, 0.25) is 15.9 Å². The minimum atomic E-state index is -3.56. The second-order valence-corrected chi connectivity index (χ2v) is 6.13. The lowest BCUT2D eigenvalue weighted by atomic mass is 10.2. The smallest absolute Gasteiger partial charge is 0.306 e. The van der Waals surface area contributed by atoms with E-state index in [2.05, 4.69) is 0 Å². The molecule has 0 bridgehead atoms. The Morgan fingerprint density at radius 2 is 1.69 bits per heavy atom. The monoisotopic (exact) mass is 251 g/mol. The lowest BCUT2D eigenvalue weighted by Crippen LogP contribution is -2.30. The molecule has 0 spiro atoms. The Balaban J connectivity index is 3.99. The van der Waals surface area contributed by atoms with Crippen LogP contribution in [0.5, 0.6) is 0 Å². The van der Waals surface area contributed by atoms with Crippen LogP contribution in [0.3, 0.4) is 0 Å². The topological polar surface area (TPSA) is 89.5 Å². The van der Waals surface area contributed by atoms with Crippen LogP contribution in [-0.2, 0) is 24.3 Å². The molecule has 1 N–H and O–H groups in total. The quantitative estimate of drug-likeness (QED) is 0.720. The molecule has 0 saturated carbocycles. The molecule has 0 heterocycles. The largest absolute Gasteiger partial charge is 0.460 e. The average Bonchev–Trinajstić information content (AvgIpc) is 1.94. The van der Waals surface area contributed by atoms with Crippen molar-refractivity contribution in [2.45, 2.75) is 39.2 Å². The Bertz CT molecular complexity index is 366. The first-order valence-corrected chi connectivity index (χ1v) is 6.61. The zero-order valence-electron chi connectivity index (χ0n) is 9.86. The number of hydrogen-bond donors (Lipinski definition) is 1. The van der Waals surface area contributed by atoms with E-state index in [9.17, 15) is 18.0 Å². The van der Waals surface area contributed by atoms with E-state index in [0.29, 0.717) is 0 Å². The van der Waals surface area contributed by atoms with Gasteiger partial charge in [0.25, 0.3) is 0 Å². The Morgan fingerprint density at radius 1 is 1.19 bits per heavy atom. The van der Waals surface area contributed by atoms with Gasteiger partial charge in [0, 0.05) is 6.42 Å². The van der Waals surface area contributed by atoms with E-state index in [-0.39, 0.29) is 12.8 Å². The highest BCUT2D eigenvalue weighted by Crippen LogP contribution is 2.08. The zero-order chi connectivity index (χ0) is 13.0. The lowest BCUT2D eigenvalue weighted by molar-refractivity contribution is -0.155. The van der Waals surface area contributed by atoms with E-state index in [0.717, 1.165) is 6.26 Å². The molecule has 0 saturated heterocycles. The maximum atomic E-state index is 11.2. The van der Waals surface area contributed by atoms with Gasteiger partial charge in [-0.15, -0.1) is 0 Å². The molecular weight excluding hydrogens is 234 g/mol. The number of rotatable bonds is 4. The molecule has 0 aliphatic carbocycles. The van der Waals surface area contributed by atoms with Gasteiger partial charge >= 0.3 is 5.97 Å². The van der Waals surface area contributed by atoms with Crippen molar-refractivity contribution in [1.82, 2.24) is 4.72 Å². The summed E-state index contributed by atoms with van der Waals surface area (Å²) in [6, 6.07) is 0. The first-order valence-electron chi connectivity index (χ1n) is 4.72. The number of carbonyl (C=O) groups is 2. The number of hydrogen-bond acceptors (Lipinski definition) is 5. The average molecular weight is 251 g/mol. The first-order chi connectivity index (χ1) is 6.99. The predicted molar refractivity (Wildman–Crippen MR) is 58.1 cm³/mol. The lowest BCUT2D eigenvalue weighted by Gasteiger charge is -2.19. The van der Waals surface area contributed by atoms with Crippen LogP contribution in [0.25, 0.3) is 0 Å². The molecule has 0 aliphatic heterocycles. The molecule has 0 aromatic heterocycles. The third-order valence-corrected chi connectivity index (χ3v) is 1.87. The third kappa shape index (κ3) is 9.45. The Kier molecular flexibility index (Phi) is 4.92. The van der Waals surface area contributed by atoms with E-state index >= 15 is 0 Å². The Morgan fingerprint density at radius 3 is 2.06 bits per heavy atom. The number of nitrogens with one attached hydrogen (secondary N) is 1. The predicted octanol–water partition coefficient (Wildman–Crippen LogP) is 0.184. The van der Waals surface area contributed by atoms with Crippen LogP contribution in [0.2, 0.25) is 0 Å². The molecule has 0 aromatic rings. The van der Waals surface area contributed by atoms with Gasteiger partial charge in [-0.2, -0.15) is 0 Å². The molecule has 0 unspecified atom stereocenters. The molecule has 0 atom stereocenters. The summed E-state index contributed by atoms with van der Waals surface area (Å²) in [6.07, 6.45) is 0.527. The molecule has 7 heteroatoms. The van der Waals surface area contributed by atoms with Crippen molar-refractivity contribution in [1.29, 1.82) is 0 Å². The van der Waals surface area contributed by atoms with Gasteiger partial charge in [-0.05, 0) is 20.8 Å². The fraction of sp³-hybridized carbons (Fsp3) is 0.778. The van der Waals surface area contributed by atoms with Crippen molar-refractivity contribution >= 4 is 21.9 Å². The standard InChI is InChI=1S/C9H17NO5S/c1-9(2,3)15-8(12)6-5-7(11)10-16(4,13)14/h5-6H2,1-4H3,(H,10,11). The van der Waals surface area contributed by atoms with Crippen molar-refractivity contribution in [2.24, 2.45) is 0 Å². The molecule has 0 fully saturated rings. The fourth-order valence-corrected chi connectivity index (χ4v) is 1.38. The van der Waals surface area contributed by atoms with Crippen LogP contribution in [0, 0.1) is 0 Å². The number of ether oxygens (including phenoxy) is 1. The van der Waals surface area contributed by atoms with Crippen molar-refractivity contribution in [3.8, 4) is 0 Å². The van der Waals surface area contributed by atoms with Crippen LogP contribution in [0.4, 0.5) is 0 Å². The summed E-state index contributed by atoms with van der Waals surface area (Å²) in [6.45, 7) is 5.13. The summed E-state index contributed by atoms with van der Waals surface area (Å²) >= 11 is 0. The maximum Gasteiger partial charge on any atom is 0.306 e. The maximum absolute atomic E-state index is 11.2. The van der Waals surface area contributed by atoms with Crippen molar-refractivity contribution in [2.75, 3.05) is 6.26 Å².